The Balaban J connectivity index is 2.08. The summed E-state index contributed by atoms with van der Waals surface area (Å²) < 4.78 is 24.5. The zero-order valence-electron chi connectivity index (χ0n) is 10.7. The second kappa shape index (κ2) is 5.70. The average Bonchev–Trinajstić information content (AvgIpc) is 2.39. The maximum Gasteiger partial charge on any atom is 0.255 e. The number of rotatable bonds is 4. The van der Waals surface area contributed by atoms with Crippen molar-refractivity contribution in [3.05, 3.63) is 54.4 Å². The molecule has 104 valence electrons. The van der Waals surface area contributed by atoms with Gasteiger partial charge in [-0.3, -0.25) is 14.5 Å². The van der Waals surface area contributed by atoms with Crippen LogP contribution in [0.4, 0.5) is 11.4 Å². The molecule has 0 radical (unpaired) electrons. The minimum absolute atomic E-state index is 0.288. The van der Waals surface area contributed by atoms with Crippen molar-refractivity contribution in [2.75, 3.05) is 16.3 Å². The molecule has 0 spiro atoms. The number of sulfonamides is 1. The monoisotopic (exact) mass is 291 g/mol. The maximum absolute atomic E-state index is 11.9. The molecule has 0 aliphatic carbocycles. The van der Waals surface area contributed by atoms with Crippen LogP contribution in [0.2, 0.25) is 0 Å². The average molecular weight is 291 g/mol. The minimum atomic E-state index is -3.32. The van der Waals surface area contributed by atoms with Crippen molar-refractivity contribution in [1.82, 2.24) is 4.98 Å². The van der Waals surface area contributed by atoms with Crippen molar-refractivity contribution in [1.29, 1.82) is 0 Å². The van der Waals surface area contributed by atoms with Gasteiger partial charge in [-0.15, -0.1) is 0 Å². The Kier molecular flexibility index (Phi) is 3.99. The van der Waals surface area contributed by atoms with Crippen LogP contribution in [0.25, 0.3) is 0 Å². The molecule has 0 bridgehead atoms. The molecule has 0 saturated heterocycles. The predicted molar refractivity (Wildman–Crippen MR) is 77.1 cm³/mol. The topological polar surface area (TPSA) is 88.2 Å². The van der Waals surface area contributed by atoms with E-state index in [1.165, 1.54) is 18.3 Å². The van der Waals surface area contributed by atoms with Gasteiger partial charge in [-0.25, -0.2) is 8.42 Å². The maximum atomic E-state index is 11.9. The molecule has 2 N–H and O–H groups in total. The lowest BCUT2D eigenvalue weighted by Gasteiger charge is -2.06. The van der Waals surface area contributed by atoms with Gasteiger partial charge in [-0.05, 0) is 36.4 Å². The lowest BCUT2D eigenvalue weighted by atomic mass is 10.2. The van der Waals surface area contributed by atoms with Crippen LogP contribution < -0.4 is 10.0 Å². The molecule has 1 amide bonds. The van der Waals surface area contributed by atoms with Gasteiger partial charge in [-0.2, -0.15) is 0 Å². The Morgan fingerprint density at radius 3 is 2.35 bits per heavy atom. The van der Waals surface area contributed by atoms with Crippen LogP contribution in [-0.4, -0.2) is 25.6 Å². The molecule has 1 aromatic carbocycles. The smallest absolute Gasteiger partial charge is 0.255 e. The molecule has 20 heavy (non-hydrogen) atoms. The van der Waals surface area contributed by atoms with Gasteiger partial charge in [0.05, 0.1) is 18.1 Å². The van der Waals surface area contributed by atoms with Crippen molar-refractivity contribution >= 4 is 27.3 Å². The highest BCUT2D eigenvalue weighted by Crippen LogP contribution is 2.12. The quantitative estimate of drug-likeness (QED) is 0.897. The highest BCUT2D eigenvalue weighted by Gasteiger charge is 2.07. The highest BCUT2D eigenvalue weighted by atomic mass is 32.2. The van der Waals surface area contributed by atoms with E-state index >= 15 is 0 Å². The number of hydrogen-bond donors (Lipinski definition) is 2. The summed E-state index contributed by atoms with van der Waals surface area (Å²) in [5.41, 5.74) is 1.43. The van der Waals surface area contributed by atoms with Gasteiger partial charge in [0, 0.05) is 17.4 Å². The number of hydrogen-bond acceptors (Lipinski definition) is 4. The van der Waals surface area contributed by atoms with Gasteiger partial charge in [0.15, 0.2) is 0 Å². The minimum Gasteiger partial charge on any atom is -0.321 e. The molecule has 2 rings (SSSR count). The molecule has 0 aliphatic heterocycles. The Bertz CT molecular complexity index is 697. The fraction of sp³-hybridized carbons (Fsp3) is 0.0769. The van der Waals surface area contributed by atoms with E-state index in [1.54, 1.807) is 30.5 Å². The highest BCUT2D eigenvalue weighted by molar-refractivity contribution is 7.92. The Morgan fingerprint density at radius 2 is 1.80 bits per heavy atom. The summed E-state index contributed by atoms with van der Waals surface area (Å²) >= 11 is 0. The van der Waals surface area contributed by atoms with E-state index in [1.807, 2.05) is 0 Å². The fourth-order valence-electron chi connectivity index (χ4n) is 1.54. The van der Waals surface area contributed by atoms with E-state index in [-0.39, 0.29) is 5.91 Å². The number of pyridine rings is 1. The normalized spacial score (nSPS) is 10.8. The lowest BCUT2D eigenvalue weighted by Crippen LogP contribution is -2.13. The second-order valence-corrected chi connectivity index (χ2v) is 5.90. The summed E-state index contributed by atoms with van der Waals surface area (Å²) in [4.78, 5) is 15.8. The molecular formula is C13H13N3O3S. The molecular weight excluding hydrogens is 278 g/mol. The molecule has 0 unspecified atom stereocenters. The third kappa shape index (κ3) is 4.06. The summed E-state index contributed by atoms with van der Waals surface area (Å²) in [7, 11) is -3.32. The number of aromatic nitrogens is 1. The number of amides is 1. The van der Waals surface area contributed by atoms with Gasteiger partial charge in [-0.1, -0.05) is 0 Å². The van der Waals surface area contributed by atoms with E-state index in [0.29, 0.717) is 16.9 Å². The molecule has 1 heterocycles. The molecule has 7 heteroatoms. The van der Waals surface area contributed by atoms with Crippen LogP contribution >= 0.6 is 0 Å². The Morgan fingerprint density at radius 1 is 1.10 bits per heavy atom. The summed E-state index contributed by atoms with van der Waals surface area (Å²) in [6.07, 6.45) is 4.22. The van der Waals surface area contributed by atoms with E-state index in [0.717, 1.165) is 6.26 Å². The number of benzene rings is 1. The number of nitrogens with one attached hydrogen (secondary N) is 2. The zero-order valence-corrected chi connectivity index (χ0v) is 11.5. The van der Waals surface area contributed by atoms with Crippen molar-refractivity contribution in [2.45, 2.75) is 0 Å². The third-order valence-corrected chi connectivity index (χ3v) is 2.98. The first-order chi connectivity index (χ1) is 9.44. The third-order valence-electron chi connectivity index (χ3n) is 2.37. The number of carbonyl (C=O) groups is 1. The summed E-state index contributed by atoms with van der Waals surface area (Å²) in [6.45, 7) is 0. The molecule has 2 aromatic rings. The van der Waals surface area contributed by atoms with Crippen LogP contribution in [0, 0.1) is 0 Å². The second-order valence-electron chi connectivity index (χ2n) is 4.15. The van der Waals surface area contributed by atoms with Crippen molar-refractivity contribution in [2.24, 2.45) is 0 Å². The lowest BCUT2D eigenvalue weighted by molar-refractivity contribution is 0.102. The summed E-state index contributed by atoms with van der Waals surface area (Å²) in [5, 5.41) is 2.69. The van der Waals surface area contributed by atoms with E-state index < -0.39 is 10.0 Å². The summed E-state index contributed by atoms with van der Waals surface area (Å²) in [5.74, 6) is -0.288. The molecule has 6 nitrogen and oxygen atoms in total. The van der Waals surface area contributed by atoms with Gasteiger partial charge in [0.2, 0.25) is 10.0 Å². The number of carbonyl (C=O) groups excluding carboxylic acids is 1. The summed E-state index contributed by atoms with van der Waals surface area (Å²) in [6, 6.07) is 9.58. The number of anilines is 2. The van der Waals surface area contributed by atoms with Crippen LogP contribution in [0.5, 0.6) is 0 Å². The van der Waals surface area contributed by atoms with E-state index in [9.17, 15) is 13.2 Å². The van der Waals surface area contributed by atoms with Crippen LogP contribution in [0.1, 0.15) is 10.4 Å². The van der Waals surface area contributed by atoms with Crippen LogP contribution in [-0.2, 0) is 10.0 Å². The van der Waals surface area contributed by atoms with Crippen LogP contribution in [0.3, 0.4) is 0 Å². The first kappa shape index (κ1) is 14.0. The van der Waals surface area contributed by atoms with Gasteiger partial charge < -0.3 is 5.32 Å². The van der Waals surface area contributed by atoms with Crippen LogP contribution in [0.15, 0.2) is 48.8 Å². The van der Waals surface area contributed by atoms with Crippen molar-refractivity contribution < 1.29 is 13.2 Å². The first-order valence-corrected chi connectivity index (χ1v) is 7.62. The van der Waals surface area contributed by atoms with E-state index in [2.05, 4.69) is 15.0 Å². The predicted octanol–water partition coefficient (Wildman–Crippen LogP) is 1.71. The zero-order chi connectivity index (χ0) is 14.6. The largest absolute Gasteiger partial charge is 0.321 e. The molecule has 0 aliphatic rings. The standard InChI is InChI=1S/C13H13N3O3S/c1-20(18,19)16-11-6-4-10(5-7-11)13(17)15-12-3-2-8-14-9-12/h2-9,16H,1H3,(H,15,17). The fourth-order valence-corrected chi connectivity index (χ4v) is 2.11. The van der Waals surface area contributed by atoms with Gasteiger partial charge in [0.1, 0.15) is 0 Å². The van der Waals surface area contributed by atoms with Crippen molar-refractivity contribution in [3.8, 4) is 0 Å². The SMILES string of the molecule is CS(=O)(=O)Nc1ccc(C(=O)Nc2cccnc2)cc1. The molecule has 0 atom stereocenters. The van der Waals surface area contributed by atoms with Gasteiger partial charge >= 0.3 is 0 Å². The van der Waals surface area contributed by atoms with E-state index in [4.69, 9.17) is 0 Å². The first-order valence-electron chi connectivity index (χ1n) is 5.73. The molecule has 0 fully saturated rings. The molecule has 0 saturated carbocycles. The number of nitrogens with zero attached hydrogens (tertiary/aromatic N) is 1. The Hall–Kier alpha value is -2.41. The van der Waals surface area contributed by atoms with Gasteiger partial charge in [0.25, 0.3) is 5.91 Å². The molecule has 1 aromatic heterocycles. The van der Waals surface area contributed by atoms with Crippen molar-refractivity contribution in [3.63, 3.8) is 0 Å². The Labute approximate surface area is 116 Å².